The fourth-order valence-electron chi connectivity index (χ4n) is 3.82. The number of nitrogens with one attached hydrogen (secondary N) is 1. The van der Waals surface area contributed by atoms with Crippen molar-refractivity contribution < 1.29 is 14.3 Å². The van der Waals surface area contributed by atoms with Crippen molar-refractivity contribution in [3.8, 4) is 11.3 Å². The molecule has 156 valence electrons. The Morgan fingerprint density at radius 3 is 2.53 bits per heavy atom. The number of halogens is 1. The number of aliphatic hydroxyl groups excluding tert-OH is 1. The predicted octanol–water partition coefficient (Wildman–Crippen LogP) is 4.33. The Labute approximate surface area is 179 Å². The molecular weight excluding hydrogens is 401 g/mol. The van der Waals surface area contributed by atoms with Gasteiger partial charge in [0, 0.05) is 17.6 Å². The van der Waals surface area contributed by atoms with Gasteiger partial charge in [-0.2, -0.15) is 0 Å². The summed E-state index contributed by atoms with van der Waals surface area (Å²) in [7, 11) is 0. The number of anilines is 1. The van der Waals surface area contributed by atoms with Gasteiger partial charge in [-0.1, -0.05) is 30.3 Å². The van der Waals surface area contributed by atoms with E-state index in [0.29, 0.717) is 16.7 Å². The average molecular weight is 426 g/mol. The molecule has 2 aromatic carbocycles. The molecule has 30 heavy (non-hydrogen) atoms. The van der Waals surface area contributed by atoms with Crippen LogP contribution < -0.4 is 5.32 Å². The van der Waals surface area contributed by atoms with Gasteiger partial charge in [-0.05, 0) is 61.7 Å². The first-order chi connectivity index (χ1) is 14.6. The molecule has 0 radical (unpaired) electrons. The van der Waals surface area contributed by atoms with Crippen molar-refractivity contribution in [3.05, 3.63) is 71.4 Å². The summed E-state index contributed by atoms with van der Waals surface area (Å²) in [5.41, 5.74) is 2.45. The molecule has 0 spiro atoms. The molecule has 5 nitrogen and oxygen atoms in total. The summed E-state index contributed by atoms with van der Waals surface area (Å²) < 4.78 is 13.2. The normalized spacial score (nSPS) is 16.3. The van der Waals surface area contributed by atoms with Crippen LogP contribution in [0.4, 0.5) is 9.52 Å². The maximum absolute atomic E-state index is 13.3. The standard InChI is InChI=1S/C23H24FN3O2S/c24-19-8-6-17(7-9-19)20-15-30-23(25-20)26-22(29)21(18-4-2-1-3-5-18)27-12-10-16(14-28)11-13-27/h1-9,15-16,21,28H,10-14H2,(H,25,26,29)/t21-/m1/s1. The second-order valence-electron chi connectivity index (χ2n) is 7.51. The zero-order chi connectivity index (χ0) is 20.9. The van der Waals surface area contributed by atoms with E-state index in [1.54, 1.807) is 12.1 Å². The van der Waals surface area contributed by atoms with Crippen LogP contribution in [0.5, 0.6) is 0 Å². The molecule has 1 amide bonds. The van der Waals surface area contributed by atoms with Gasteiger partial charge in [0.25, 0.3) is 0 Å². The summed E-state index contributed by atoms with van der Waals surface area (Å²) in [5, 5.41) is 14.8. The van der Waals surface area contributed by atoms with E-state index in [9.17, 15) is 14.3 Å². The molecule has 0 bridgehead atoms. The number of piperidine rings is 1. The molecule has 0 aliphatic carbocycles. The smallest absolute Gasteiger partial charge is 0.248 e. The van der Waals surface area contributed by atoms with Crippen molar-refractivity contribution in [2.45, 2.75) is 18.9 Å². The highest BCUT2D eigenvalue weighted by Gasteiger charge is 2.31. The molecule has 1 saturated heterocycles. The van der Waals surface area contributed by atoms with Crippen molar-refractivity contribution in [3.63, 3.8) is 0 Å². The number of carbonyl (C=O) groups is 1. The quantitative estimate of drug-likeness (QED) is 0.617. The molecule has 1 aromatic heterocycles. The van der Waals surface area contributed by atoms with E-state index in [1.165, 1.54) is 23.5 Å². The van der Waals surface area contributed by atoms with Gasteiger partial charge < -0.3 is 10.4 Å². The molecule has 0 saturated carbocycles. The zero-order valence-electron chi connectivity index (χ0n) is 16.5. The molecule has 0 unspecified atom stereocenters. The van der Waals surface area contributed by atoms with Crippen molar-refractivity contribution in [1.29, 1.82) is 0 Å². The van der Waals surface area contributed by atoms with Gasteiger partial charge >= 0.3 is 0 Å². The lowest BCUT2D eigenvalue weighted by Crippen LogP contribution is -2.42. The first-order valence-electron chi connectivity index (χ1n) is 10.1. The summed E-state index contributed by atoms with van der Waals surface area (Å²) >= 11 is 1.35. The van der Waals surface area contributed by atoms with Gasteiger partial charge in [0.05, 0.1) is 5.69 Å². The number of nitrogens with zero attached hydrogens (tertiary/aromatic N) is 2. The third-order valence-electron chi connectivity index (χ3n) is 5.51. The SMILES string of the molecule is O=C(Nc1nc(-c2ccc(F)cc2)cs1)[C@@H](c1ccccc1)N1CCC(CO)CC1. The Kier molecular flexibility index (Phi) is 6.52. The lowest BCUT2D eigenvalue weighted by molar-refractivity contribution is -0.122. The molecule has 1 aliphatic heterocycles. The minimum atomic E-state index is -0.413. The fourth-order valence-corrected chi connectivity index (χ4v) is 4.54. The Balaban J connectivity index is 1.52. The number of aromatic nitrogens is 1. The summed E-state index contributed by atoms with van der Waals surface area (Å²) in [6, 6.07) is 15.5. The highest BCUT2D eigenvalue weighted by Crippen LogP contribution is 2.30. The van der Waals surface area contributed by atoms with Crippen LogP contribution in [0.15, 0.2) is 60.0 Å². The zero-order valence-corrected chi connectivity index (χ0v) is 17.3. The van der Waals surface area contributed by atoms with E-state index in [-0.39, 0.29) is 18.3 Å². The van der Waals surface area contributed by atoms with Crippen LogP contribution in [-0.2, 0) is 4.79 Å². The van der Waals surface area contributed by atoms with E-state index in [2.05, 4.69) is 15.2 Å². The number of likely N-dealkylation sites (tertiary alicyclic amines) is 1. The molecule has 2 heterocycles. The predicted molar refractivity (Wildman–Crippen MR) is 117 cm³/mol. The number of amides is 1. The van der Waals surface area contributed by atoms with Gasteiger partial charge in [-0.25, -0.2) is 9.37 Å². The van der Waals surface area contributed by atoms with Crippen LogP contribution >= 0.6 is 11.3 Å². The van der Waals surface area contributed by atoms with Crippen LogP contribution in [0, 0.1) is 11.7 Å². The minimum absolute atomic E-state index is 0.122. The molecule has 1 atom stereocenters. The Hall–Kier alpha value is -2.61. The maximum atomic E-state index is 13.3. The summed E-state index contributed by atoms with van der Waals surface area (Å²) in [6.07, 6.45) is 1.75. The topological polar surface area (TPSA) is 65.5 Å². The average Bonchev–Trinajstić information content (AvgIpc) is 3.24. The Morgan fingerprint density at radius 2 is 1.87 bits per heavy atom. The van der Waals surface area contributed by atoms with Crippen molar-refractivity contribution >= 4 is 22.4 Å². The number of benzene rings is 2. The summed E-state index contributed by atoms with van der Waals surface area (Å²) in [4.78, 5) is 19.9. The summed E-state index contributed by atoms with van der Waals surface area (Å²) in [5.74, 6) is -0.111. The lowest BCUT2D eigenvalue weighted by Gasteiger charge is -2.36. The Morgan fingerprint density at radius 1 is 1.17 bits per heavy atom. The van der Waals surface area contributed by atoms with E-state index in [0.717, 1.165) is 37.1 Å². The number of hydrogen-bond acceptors (Lipinski definition) is 5. The third kappa shape index (κ3) is 4.75. The molecule has 2 N–H and O–H groups in total. The van der Waals surface area contributed by atoms with Crippen molar-refractivity contribution in [1.82, 2.24) is 9.88 Å². The highest BCUT2D eigenvalue weighted by atomic mass is 32.1. The molecule has 1 aliphatic rings. The number of carbonyl (C=O) groups excluding carboxylic acids is 1. The fraction of sp³-hybridized carbons (Fsp3) is 0.304. The van der Waals surface area contributed by atoms with Crippen LogP contribution in [0.25, 0.3) is 11.3 Å². The molecule has 7 heteroatoms. The maximum Gasteiger partial charge on any atom is 0.248 e. The van der Waals surface area contributed by atoms with Crippen LogP contribution in [0.2, 0.25) is 0 Å². The van der Waals surface area contributed by atoms with Gasteiger partial charge in [0.15, 0.2) is 5.13 Å². The molecule has 4 rings (SSSR count). The van der Waals surface area contributed by atoms with Crippen molar-refractivity contribution in [2.75, 3.05) is 25.0 Å². The van der Waals surface area contributed by atoms with Crippen LogP contribution in [0.3, 0.4) is 0 Å². The van der Waals surface area contributed by atoms with Gasteiger partial charge in [-0.3, -0.25) is 9.69 Å². The molecule has 3 aromatic rings. The van der Waals surface area contributed by atoms with Gasteiger partial charge in [-0.15, -0.1) is 11.3 Å². The number of aliphatic hydroxyl groups is 1. The third-order valence-corrected chi connectivity index (χ3v) is 6.27. The number of hydrogen-bond donors (Lipinski definition) is 2. The van der Waals surface area contributed by atoms with E-state index in [1.807, 2.05) is 35.7 Å². The second kappa shape index (κ2) is 9.47. The van der Waals surface area contributed by atoms with E-state index < -0.39 is 6.04 Å². The number of rotatable bonds is 6. The van der Waals surface area contributed by atoms with E-state index >= 15 is 0 Å². The van der Waals surface area contributed by atoms with Crippen LogP contribution in [-0.4, -0.2) is 40.6 Å². The Bertz CT molecular complexity index is 970. The number of thiazole rings is 1. The molecule has 1 fully saturated rings. The van der Waals surface area contributed by atoms with Crippen molar-refractivity contribution in [2.24, 2.45) is 5.92 Å². The summed E-state index contributed by atoms with van der Waals surface area (Å²) in [6.45, 7) is 1.72. The minimum Gasteiger partial charge on any atom is -0.396 e. The largest absolute Gasteiger partial charge is 0.396 e. The lowest BCUT2D eigenvalue weighted by atomic mass is 9.94. The monoisotopic (exact) mass is 425 g/mol. The van der Waals surface area contributed by atoms with Gasteiger partial charge in [0.2, 0.25) is 5.91 Å². The van der Waals surface area contributed by atoms with Crippen LogP contribution in [0.1, 0.15) is 24.4 Å². The van der Waals surface area contributed by atoms with E-state index in [4.69, 9.17) is 0 Å². The molecular formula is C23H24FN3O2S. The first kappa shape index (κ1) is 20.7. The van der Waals surface area contributed by atoms with Gasteiger partial charge in [0.1, 0.15) is 11.9 Å². The highest BCUT2D eigenvalue weighted by molar-refractivity contribution is 7.14. The second-order valence-corrected chi connectivity index (χ2v) is 8.37. The first-order valence-corrected chi connectivity index (χ1v) is 10.9.